The van der Waals surface area contributed by atoms with E-state index in [-0.39, 0.29) is 17.1 Å². The van der Waals surface area contributed by atoms with Gasteiger partial charge >= 0.3 is 17.1 Å². The van der Waals surface area contributed by atoms with Crippen LogP contribution in [-0.2, 0) is 17.1 Å². The molecule has 186 valence electrons. The largest absolute Gasteiger partial charge is 2.00 e. The van der Waals surface area contributed by atoms with E-state index in [0.29, 0.717) is 31.7 Å². The van der Waals surface area contributed by atoms with Gasteiger partial charge in [0.2, 0.25) is 0 Å². The minimum Gasteiger partial charge on any atom is -0.694 e. The van der Waals surface area contributed by atoms with Gasteiger partial charge in [-0.1, -0.05) is 18.2 Å². The number of hydrogen-bond acceptors (Lipinski definition) is 0. The molecule has 0 aliphatic carbocycles. The Labute approximate surface area is 224 Å². The van der Waals surface area contributed by atoms with Gasteiger partial charge in [0.15, 0.2) is 0 Å². The van der Waals surface area contributed by atoms with Crippen molar-refractivity contribution < 1.29 is 17.1 Å². The van der Waals surface area contributed by atoms with Crippen molar-refractivity contribution in [3.63, 3.8) is 0 Å². The summed E-state index contributed by atoms with van der Waals surface area (Å²) in [6.07, 6.45) is 27.8. The molecule has 0 N–H and O–H groups in total. The summed E-state index contributed by atoms with van der Waals surface area (Å²) in [5, 5.41) is 0. The molecule has 0 saturated carbocycles. The Hall–Kier alpha value is 0.139. The van der Waals surface area contributed by atoms with Gasteiger partial charge in [-0.2, -0.15) is 0 Å². The molecule has 0 aliphatic rings. The van der Waals surface area contributed by atoms with Crippen LogP contribution in [0.3, 0.4) is 0 Å². The van der Waals surface area contributed by atoms with Crippen molar-refractivity contribution in [2.24, 2.45) is 0 Å². The quantitative estimate of drug-likeness (QED) is 0.0934. The molecule has 0 saturated heterocycles. The predicted octanol–water partition coefficient (Wildman–Crippen LogP) is 8.33. The first kappa shape index (κ1) is 40.3. The second-order valence-electron chi connectivity index (χ2n) is 8.29. The van der Waals surface area contributed by atoms with Crippen LogP contribution in [0.1, 0.15) is 31.2 Å². The van der Waals surface area contributed by atoms with Gasteiger partial charge in [-0.3, -0.25) is 5.92 Å². The van der Waals surface area contributed by atoms with Crippen molar-refractivity contribution in [2.45, 2.75) is 25.7 Å². The van der Waals surface area contributed by atoms with Gasteiger partial charge in [-0.15, -0.1) is 61.7 Å². The fourth-order valence-corrected chi connectivity index (χ4v) is 8.16. The molecule has 5 heteroatoms. The van der Waals surface area contributed by atoms with Crippen molar-refractivity contribution in [3.05, 3.63) is 48.7 Å². The van der Waals surface area contributed by atoms with Crippen LogP contribution in [0.25, 0.3) is 0 Å². The van der Waals surface area contributed by atoms with Crippen LogP contribution in [-0.4, -0.2) is 78.0 Å². The van der Waals surface area contributed by atoms with Crippen molar-refractivity contribution >= 4 is 31.7 Å². The maximum absolute atomic E-state index is 6.69. The molecule has 0 atom stereocenters. The van der Waals surface area contributed by atoms with Crippen molar-refractivity contribution in [2.75, 3.05) is 78.0 Å². The molecule has 0 spiro atoms. The smallest absolute Gasteiger partial charge is 0.694 e. The van der Waals surface area contributed by atoms with E-state index >= 15 is 0 Å². The predicted molar refractivity (Wildman–Crippen MR) is 162 cm³/mol. The number of unbranched alkanes of at least 4 members (excludes halogenated alkanes) is 3. The molecule has 0 heterocycles. The Kier molecular flexibility index (Phi) is 39.3. The Balaban J connectivity index is -0.000000168. The van der Waals surface area contributed by atoms with Crippen LogP contribution in [0.2, 0.25) is 0 Å². The Morgan fingerprint density at radius 1 is 0.667 bits per heavy atom. The SMILES string of the molecule is CP(C)CCP(C)C.CP(C)CCP(C)C.[C-]#CCCCCC#C.[C-]#Cc1ccccc1.[Fe+2]. The van der Waals surface area contributed by atoms with Crippen LogP contribution in [0.15, 0.2) is 30.3 Å². The molecule has 1 rings (SSSR count). The third-order valence-electron chi connectivity index (χ3n) is 3.78. The van der Waals surface area contributed by atoms with Gasteiger partial charge < -0.3 is 18.8 Å². The fraction of sp³-hybridized carbons (Fsp3) is 0.571. The molecule has 0 fully saturated rings. The minimum absolute atomic E-state index is 0. The standard InChI is InChI=1S/C8H5.C8H9.2C6H16P2.Fe/c1-2-8-6-4-3-5-7-8;1-3-5-7-8-6-4-2;2*1-7(2)5-6-8(3)4;/h3-7H;1H,5-8H2;2*5-6H2,1-4H3;/q2*-1;;;+2. The van der Waals surface area contributed by atoms with Crippen molar-refractivity contribution in [1.29, 1.82) is 0 Å². The second kappa shape index (κ2) is 32.1. The van der Waals surface area contributed by atoms with E-state index in [1.807, 2.05) is 30.3 Å². The Morgan fingerprint density at radius 2 is 1.03 bits per heavy atom. The van der Waals surface area contributed by atoms with Crippen LogP contribution in [0.5, 0.6) is 0 Å². The maximum atomic E-state index is 6.69. The zero-order valence-corrected chi connectivity index (χ0v) is 26.9. The summed E-state index contributed by atoms with van der Waals surface area (Å²) in [7, 11) is 1.53. The van der Waals surface area contributed by atoms with Crippen LogP contribution in [0.4, 0.5) is 0 Å². The Morgan fingerprint density at radius 3 is 1.27 bits per heavy atom. The first-order chi connectivity index (χ1) is 15.1. The Bertz CT molecular complexity index is 572. The summed E-state index contributed by atoms with van der Waals surface area (Å²) in [6.45, 7) is 18.8. The summed E-state index contributed by atoms with van der Waals surface area (Å²) in [6, 6.07) is 9.37. The average molecular weight is 562 g/mol. The van der Waals surface area contributed by atoms with E-state index in [1.54, 1.807) is 0 Å². The molecule has 0 amide bonds. The number of terminal acetylenes is 1. The zero-order chi connectivity index (χ0) is 25.2. The van der Waals surface area contributed by atoms with E-state index in [1.165, 1.54) is 24.6 Å². The third kappa shape index (κ3) is 46.2. The molecular formula is C28H46FeP4. The molecule has 0 radical (unpaired) electrons. The van der Waals surface area contributed by atoms with E-state index in [4.69, 9.17) is 19.3 Å². The first-order valence-electron chi connectivity index (χ1n) is 11.0. The maximum Gasteiger partial charge on any atom is 2.00 e. The topological polar surface area (TPSA) is 0 Å². The van der Waals surface area contributed by atoms with Gasteiger partial charge in [-0.25, -0.2) is 0 Å². The van der Waals surface area contributed by atoms with Crippen LogP contribution < -0.4 is 0 Å². The van der Waals surface area contributed by atoms with E-state index < -0.39 is 0 Å². The molecule has 33 heavy (non-hydrogen) atoms. The first-order valence-corrected chi connectivity index (χ1v) is 20.7. The normalized spacial score (nSPS) is 9.12. The van der Waals surface area contributed by atoms with Crippen molar-refractivity contribution in [1.82, 2.24) is 0 Å². The van der Waals surface area contributed by atoms with Gasteiger partial charge in [0.25, 0.3) is 0 Å². The number of rotatable bonds is 9. The van der Waals surface area contributed by atoms with E-state index in [0.717, 1.165) is 31.2 Å². The van der Waals surface area contributed by atoms with Gasteiger partial charge in [-0.05, 0) is 97.2 Å². The van der Waals surface area contributed by atoms with Crippen LogP contribution in [0, 0.1) is 37.0 Å². The van der Waals surface area contributed by atoms with Crippen LogP contribution >= 0.6 is 31.7 Å². The molecule has 0 unspecified atom stereocenters. The van der Waals surface area contributed by atoms with E-state index in [9.17, 15) is 0 Å². The molecule has 0 nitrogen and oxygen atoms in total. The summed E-state index contributed by atoms with van der Waals surface area (Å²) in [4.78, 5) is 0. The molecule has 1 aromatic carbocycles. The van der Waals surface area contributed by atoms with Gasteiger partial charge in [0.1, 0.15) is 0 Å². The summed E-state index contributed by atoms with van der Waals surface area (Å²) in [5.41, 5.74) is 0.826. The fourth-order valence-electron chi connectivity index (χ4n) is 1.76. The molecular weight excluding hydrogens is 516 g/mol. The molecule has 0 aromatic heterocycles. The second-order valence-corrected chi connectivity index (χ2v) is 18.7. The van der Waals surface area contributed by atoms with E-state index in [2.05, 4.69) is 71.1 Å². The summed E-state index contributed by atoms with van der Waals surface area (Å²) < 4.78 is 0. The number of benzene rings is 1. The van der Waals surface area contributed by atoms with Crippen molar-refractivity contribution in [3.8, 4) is 24.2 Å². The number of hydrogen-bond donors (Lipinski definition) is 0. The third-order valence-corrected chi connectivity index (χ3v) is 8.96. The minimum atomic E-state index is 0. The summed E-state index contributed by atoms with van der Waals surface area (Å²) in [5.74, 6) is 7.12. The molecule has 0 aliphatic heterocycles. The average Bonchev–Trinajstić information content (AvgIpc) is 2.76. The summed E-state index contributed by atoms with van der Waals surface area (Å²) >= 11 is 0. The van der Waals surface area contributed by atoms with Gasteiger partial charge in [0, 0.05) is 6.42 Å². The zero-order valence-electron chi connectivity index (χ0n) is 22.3. The molecule has 1 aromatic rings. The monoisotopic (exact) mass is 562 g/mol. The molecule has 0 bridgehead atoms. The van der Waals surface area contributed by atoms with Gasteiger partial charge in [0.05, 0.1) is 0 Å².